The summed E-state index contributed by atoms with van der Waals surface area (Å²) in [5, 5.41) is 0. The van der Waals surface area contributed by atoms with Gasteiger partial charge in [0.15, 0.2) is 0 Å². The Labute approximate surface area is 126 Å². The van der Waals surface area contributed by atoms with Gasteiger partial charge >= 0.3 is 0 Å². The molecule has 0 amide bonds. The summed E-state index contributed by atoms with van der Waals surface area (Å²) in [4.78, 5) is 0. The maximum absolute atomic E-state index is 13.8. The van der Waals surface area contributed by atoms with Crippen LogP contribution in [0.3, 0.4) is 0 Å². The van der Waals surface area contributed by atoms with Crippen molar-refractivity contribution in [2.24, 2.45) is 5.73 Å². The van der Waals surface area contributed by atoms with E-state index in [4.69, 9.17) is 5.73 Å². The first-order valence-electron chi connectivity index (χ1n) is 7.66. The molecule has 0 aromatic heterocycles. The molecule has 0 heterocycles. The van der Waals surface area contributed by atoms with E-state index in [1.165, 1.54) is 24.0 Å². The molecule has 2 heteroatoms. The molecule has 2 aromatic carbocycles. The minimum absolute atomic E-state index is 0.192. The molecule has 1 aliphatic carbocycles. The van der Waals surface area contributed by atoms with Gasteiger partial charge in [0.2, 0.25) is 0 Å². The summed E-state index contributed by atoms with van der Waals surface area (Å²) in [6.07, 6.45) is 4.81. The Bertz CT molecular complexity index is 673. The first-order chi connectivity index (χ1) is 9.98. The van der Waals surface area contributed by atoms with E-state index in [0.29, 0.717) is 5.56 Å². The van der Waals surface area contributed by atoms with Crippen molar-refractivity contribution in [3.8, 4) is 0 Å². The molecule has 1 aliphatic rings. The minimum Gasteiger partial charge on any atom is -0.318 e. The number of halogens is 1. The van der Waals surface area contributed by atoms with Crippen molar-refractivity contribution in [3.63, 3.8) is 0 Å². The number of benzene rings is 2. The molecule has 0 spiro atoms. The van der Waals surface area contributed by atoms with Gasteiger partial charge in [-0.2, -0.15) is 0 Å². The van der Waals surface area contributed by atoms with Crippen LogP contribution in [0, 0.1) is 12.7 Å². The van der Waals surface area contributed by atoms with Crippen molar-refractivity contribution >= 4 is 0 Å². The third kappa shape index (κ3) is 2.60. The Balaban J connectivity index is 2.02. The lowest BCUT2D eigenvalue weighted by atomic mass is 9.81. The van der Waals surface area contributed by atoms with Gasteiger partial charge in [-0.1, -0.05) is 30.3 Å². The van der Waals surface area contributed by atoms with Crippen molar-refractivity contribution in [3.05, 3.63) is 70.0 Å². The molecule has 3 rings (SSSR count). The maximum atomic E-state index is 13.8. The number of fused-ring (bicyclic) bond motifs is 1. The minimum atomic E-state index is -0.666. The number of hydrogen-bond donors (Lipinski definition) is 1. The third-order valence-electron chi connectivity index (χ3n) is 4.72. The van der Waals surface area contributed by atoms with Crippen LogP contribution < -0.4 is 5.73 Å². The van der Waals surface area contributed by atoms with Crippen LogP contribution in [0.15, 0.2) is 36.4 Å². The van der Waals surface area contributed by atoms with Crippen molar-refractivity contribution < 1.29 is 4.39 Å². The SMILES string of the molecule is Cc1ccc(C(C)(N)c2ccc3c(c2)CCCC3)cc1F. The Morgan fingerprint density at radius 2 is 1.57 bits per heavy atom. The van der Waals surface area contributed by atoms with Crippen LogP contribution in [0.2, 0.25) is 0 Å². The van der Waals surface area contributed by atoms with E-state index in [0.717, 1.165) is 24.0 Å². The predicted octanol–water partition coefficient (Wildman–Crippen LogP) is 4.24. The molecule has 110 valence electrons. The van der Waals surface area contributed by atoms with E-state index in [2.05, 4.69) is 18.2 Å². The lowest BCUT2D eigenvalue weighted by Gasteiger charge is -2.28. The van der Waals surface area contributed by atoms with Gasteiger partial charge in [-0.3, -0.25) is 0 Å². The highest BCUT2D eigenvalue weighted by atomic mass is 19.1. The Morgan fingerprint density at radius 1 is 0.952 bits per heavy atom. The largest absolute Gasteiger partial charge is 0.318 e. The molecule has 0 saturated heterocycles. The van der Waals surface area contributed by atoms with E-state index < -0.39 is 5.54 Å². The summed E-state index contributed by atoms with van der Waals surface area (Å²) in [6, 6.07) is 11.8. The second-order valence-corrected chi connectivity index (χ2v) is 6.36. The van der Waals surface area contributed by atoms with Crippen molar-refractivity contribution in [2.45, 2.75) is 45.1 Å². The van der Waals surface area contributed by atoms with Crippen LogP contribution in [-0.4, -0.2) is 0 Å². The summed E-state index contributed by atoms with van der Waals surface area (Å²) >= 11 is 0. The monoisotopic (exact) mass is 283 g/mol. The molecular formula is C19H22FN. The highest BCUT2D eigenvalue weighted by Gasteiger charge is 2.25. The lowest BCUT2D eigenvalue weighted by Crippen LogP contribution is -2.34. The molecule has 0 fully saturated rings. The zero-order valence-electron chi connectivity index (χ0n) is 12.7. The second kappa shape index (κ2) is 5.27. The van der Waals surface area contributed by atoms with Crippen LogP contribution in [0.1, 0.15) is 47.6 Å². The first-order valence-corrected chi connectivity index (χ1v) is 7.66. The van der Waals surface area contributed by atoms with E-state index >= 15 is 0 Å². The molecule has 21 heavy (non-hydrogen) atoms. The summed E-state index contributed by atoms with van der Waals surface area (Å²) in [6.45, 7) is 3.73. The van der Waals surface area contributed by atoms with E-state index in [1.54, 1.807) is 19.1 Å². The molecule has 2 N–H and O–H groups in total. The van der Waals surface area contributed by atoms with Gasteiger partial charge < -0.3 is 5.73 Å². The van der Waals surface area contributed by atoms with Gasteiger partial charge in [0.1, 0.15) is 5.82 Å². The molecular weight excluding hydrogens is 261 g/mol. The molecule has 0 saturated carbocycles. The van der Waals surface area contributed by atoms with Crippen molar-refractivity contribution in [2.75, 3.05) is 0 Å². The smallest absolute Gasteiger partial charge is 0.126 e. The fourth-order valence-electron chi connectivity index (χ4n) is 3.14. The van der Waals surface area contributed by atoms with Gasteiger partial charge in [0, 0.05) is 0 Å². The Kier molecular flexibility index (Phi) is 3.58. The lowest BCUT2D eigenvalue weighted by molar-refractivity contribution is 0.575. The average molecular weight is 283 g/mol. The standard InChI is InChI=1S/C19H22FN/c1-13-7-9-17(12-18(13)20)19(2,21)16-10-8-14-5-3-4-6-15(14)11-16/h7-12H,3-6,21H2,1-2H3. The summed E-state index contributed by atoms with van der Waals surface area (Å²) < 4.78 is 13.8. The highest BCUT2D eigenvalue weighted by Crippen LogP contribution is 2.31. The van der Waals surface area contributed by atoms with E-state index in [-0.39, 0.29) is 5.82 Å². The van der Waals surface area contributed by atoms with Crippen LogP contribution >= 0.6 is 0 Å². The zero-order chi connectivity index (χ0) is 15.0. The number of rotatable bonds is 2. The Hall–Kier alpha value is -1.67. The van der Waals surface area contributed by atoms with E-state index in [9.17, 15) is 4.39 Å². The fourth-order valence-corrected chi connectivity index (χ4v) is 3.14. The first kappa shape index (κ1) is 14.3. The predicted molar refractivity (Wildman–Crippen MR) is 84.9 cm³/mol. The fraction of sp³-hybridized carbons (Fsp3) is 0.368. The molecule has 2 aromatic rings. The number of aryl methyl sites for hydroxylation is 3. The van der Waals surface area contributed by atoms with Crippen LogP contribution in [0.25, 0.3) is 0 Å². The molecule has 1 atom stereocenters. The molecule has 1 nitrogen and oxygen atoms in total. The second-order valence-electron chi connectivity index (χ2n) is 6.36. The highest BCUT2D eigenvalue weighted by molar-refractivity contribution is 5.43. The number of nitrogens with two attached hydrogens (primary N) is 1. The topological polar surface area (TPSA) is 26.0 Å². The molecule has 0 bridgehead atoms. The summed E-state index contributed by atoms with van der Waals surface area (Å²) in [5.74, 6) is -0.192. The average Bonchev–Trinajstić information content (AvgIpc) is 2.49. The van der Waals surface area contributed by atoms with Gasteiger partial charge in [0.25, 0.3) is 0 Å². The summed E-state index contributed by atoms with van der Waals surface area (Å²) in [7, 11) is 0. The molecule has 0 radical (unpaired) electrons. The Morgan fingerprint density at radius 3 is 2.29 bits per heavy atom. The maximum Gasteiger partial charge on any atom is 0.126 e. The van der Waals surface area contributed by atoms with Gasteiger partial charge in [-0.25, -0.2) is 4.39 Å². The van der Waals surface area contributed by atoms with Crippen LogP contribution in [0.4, 0.5) is 4.39 Å². The van der Waals surface area contributed by atoms with Gasteiger partial charge in [0.05, 0.1) is 5.54 Å². The van der Waals surface area contributed by atoms with Crippen LogP contribution in [-0.2, 0) is 18.4 Å². The zero-order valence-corrected chi connectivity index (χ0v) is 12.7. The molecule has 1 unspecified atom stereocenters. The van der Waals surface area contributed by atoms with E-state index in [1.807, 2.05) is 13.0 Å². The number of hydrogen-bond acceptors (Lipinski definition) is 1. The third-order valence-corrected chi connectivity index (χ3v) is 4.72. The molecule has 0 aliphatic heterocycles. The summed E-state index contributed by atoms with van der Waals surface area (Å²) in [5.41, 5.74) is 11.3. The van der Waals surface area contributed by atoms with Gasteiger partial charge in [-0.05, 0) is 73.4 Å². The normalized spacial score (nSPS) is 17.1. The quantitative estimate of drug-likeness (QED) is 0.876. The van der Waals surface area contributed by atoms with Crippen molar-refractivity contribution in [1.82, 2.24) is 0 Å². The van der Waals surface area contributed by atoms with Gasteiger partial charge in [-0.15, -0.1) is 0 Å². The van der Waals surface area contributed by atoms with Crippen LogP contribution in [0.5, 0.6) is 0 Å². The van der Waals surface area contributed by atoms with Crippen molar-refractivity contribution in [1.29, 1.82) is 0 Å².